The molecule has 10 atom stereocenters. The molecule has 0 spiro atoms. The Bertz CT molecular complexity index is 380. The van der Waals surface area contributed by atoms with Crippen LogP contribution in [0.25, 0.3) is 0 Å². The van der Waals surface area contributed by atoms with E-state index in [9.17, 15) is 30.6 Å². The van der Waals surface area contributed by atoms with Crippen molar-refractivity contribution < 1.29 is 55.1 Å². The Morgan fingerprint density at radius 2 is 1.17 bits per heavy atom. The molecule has 0 amide bonds. The third-order valence-corrected chi connectivity index (χ3v) is 3.98. The molecule has 2 rings (SSSR count). The zero-order valence-electron chi connectivity index (χ0n) is 12.0. The summed E-state index contributed by atoms with van der Waals surface area (Å²) in [7, 11) is 0. The quantitative estimate of drug-likeness (QED) is 0.243. The van der Waals surface area contributed by atoms with Crippen LogP contribution in [0.1, 0.15) is 0 Å². The van der Waals surface area contributed by atoms with Crippen molar-refractivity contribution in [1.29, 1.82) is 0 Å². The van der Waals surface area contributed by atoms with E-state index in [2.05, 4.69) is 0 Å². The second-order valence-corrected chi connectivity index (χ2v) is 5.53. The van der Waals surface area contributed by atoms with Crippen LogP contribution in [-0.2, 0) is 14.2 Å². The van der Waals surface area contributed by atoms with Crippen LogP contribution in [0.2, 0.25) is 0 Å². The molecule has 11 nitrogen and oxygen atoms in total. The molecule has 0 saturated carbocycles. The van der Waals surface area contributed by atoms with Gasteiger partial charge in [0, 0.05) is 0 Å². The summed E-state index contributed by atoms with van der Waals surface area (Å²) in [5.41, 5.74) is 0. The third-order valence-electron chi connectivity index (χ3n) is 3.98. The van der Waals surface area contributed by atoms with Gasteiger partial charge in [0.25, 0.3) is 0 Å². The minimum Gasteiger partial charge on any atom is -0.394 e. The van der Waals surface area contributed by atoms with Crippen molar-refractivity contribution in [3.05, 3.63) is 0 Å². The fourth-order valence-corrected chi connectivity index (χ4v) is 2.55. The van der Waals surface area contributed by atoms with E-state index in [1.165, 1.54) is 0 Å². The number of rotatable bonds is 4. The molecule has 0 aromatic rings. The summed E-state index contributed by atoms with van der Waals surface area (Å²) in [6, 6.07) is 0. The van der Waals surface area contributed by atoms with Crippen LogP contribution in [0.15, 0.2) is 0 Å². The van der Waals surface area contributed by atoms with Crippen LogP contribution in [-0.4, -0.2) is 115 Å². The van der Waals surface area contributed by atoms with Crippen LogP contribution in [0.5, 0.6) is 0 Å². The minimum absolute atomic E-state index is 0.651. The minimum atomic E-state index is -1.75. The predicted octanol–water partition coefficient (Wildman–Crippen LogP) is -5.40. The number of aliphatic hydroxyl groups is 8. The monoisotopic (exact) mass is 342 g/mol. The van der Waals surface area contributed by atoms with Gasteiger partial charge in [0.15, 0.2) is 12.6 Å². The number of ether oxygens (including phenoxy) is 3. The van der Waals surface area contributed by atoms with Crippen LogP contribution in [0, 0.1) is 0 Å². The van der Waals surface area contributed by atoms with Gasteiger partial charge < -0.3 is 55.1 Å². The van der Waals surface area contributed by atoms with Gasteiger partial charge in [0.1, 0.15) is 48.8 Å². The lowest BCUT2D eigenvalue weighted by Gasteiger charge is -2.44. The zero-order chi connectivity index (χ0) is 17.3. The van der Waals surface area contributed by atoms with Crippen molar-refractivity contribution in [3.63, 3.8) is 0 Å². The molecule has 2 aliphatic rings. The van der Waals surface area contributed by atoms with Crippen molar-refractivity contribution in [2.45, 2.75) is 61.4 Å². The Labute approximate surface area is 130 Å². The van der Waals surface area contributed by atoms with Gasteiger partial charge in [-0.15, -0.1) is 0 Å². The maximum atomic E-state index is 9.94. The Kier molecular flexibility index (Phi) is 6.27. The Morgan fingerprint density at radius 3 is 1.74 bits per heavy atom. The molecule has 2 heterocycles. The van der Waals surface area contributed by atoms with E-state index in [1.54, 1.807) is 0 Å². The average molecular weight is 342 g/mol. The van der Waals surface area contributed by atoms with Crippen LogP contribution < -0.4 is 0 Å². The Balaban J connectivity index is 2.08. The molecule has 0 bridgehead atoms. The van der Waals surface area contributed by atoms with Crippen molar-refractivity contribution >= 4 is 0 Å². The lowest BCUT2D eigenvalue weighted by Crippen LogP contribution is -2.64. The SMILES string of the molecule is OC[C@H]1O[C@@H](O[C@H]2[C@@H](O)[C@H](O)[C@@H](CO)O[C@@H]2O)[C@H](O)[C@@H](O)[C@@H]1O. The first-order valence-electron chi connectivity index (χ1n) is 7.08. The third kappa shape index (κ3) is 3.65. The van der Waals surface area contributed by atoms with E-state index in [0.29, 0.717) is 0 Å². The highest BCUT2D eigenvalue weighted by atomic mass is 16.7. The Morgan fingerprint density at radius 1 is 0.652 bits per heavy atom. The molecule has 0 aliphatic carbocycles. The maximum absolute atomic E-state index is 9.94. The van der Waals surface area contributed by atoms with E-state index in [0.717, 1.165) is 0 Å². The van der Waals surface area contributed by atoms with Gasteiger partial charge in [-0.2, -0.15) is 0 Å². The van der Waals surface area contributed by atoms with E-state index < -0.39 is 74.6 Å². The molecular formula is C12H22O11. The summed E-state index contributed by atoms with van der Waals surface area (Å²) in [5, 5.41) is 76.7. The highest BCUT2D eigenvalue weighted by Crippen LogP contribution is 2.28. The summed E-state index contributed by atoms with van der Waals surface area (Å²) >= 11 is 0. The number of aliphatic hydroxyl groups excluding tert-OH is 8. The second-order valence-electron chi connectivity index (χ2n) is 5.53. The molecule has 0 aromatic carbocycles. The Hall–Kier alpha value is -0.440. The summed E-state index contributed by atoms with van der Waals surface area (Å²) in [6.45, 7) is -1.33. The van der Waals surface area contributed by atoms with Gasteiger partial charge in [0.2, 0.25) is 0 Å². The molecule has 23 heavy (non-hydrogen) atoms. The van der Waals surface area contributed by atoms with Gasteiger partial charge in [-0.05, 0) is 0 Å². The van der Waals surface area contributed by atoms with Crippen LogP contribution in [0.4, 0.5) is 0 Å². The van der Waals surface area contributed by atoms with Gasteiger partial charge in [-0.25, -0.2) is 0 Å². The molecule has 0 unspecified atom stereocenters. The van der Waals surface area contributed by atoms with E-state index in [1.807, 2.05) is 0 Å². The molecule has 2 saturated heterocycles. The van der Waals surface area contributed by atoms with Crippen molar-refractivity contribution in [2.75, 3.05) is 13.2 Å². The molecule has 8 N–H and O–H groups in total. The van der Waals surface area contributed by atoms with Gasteiger partial charge >= 0.3 is 0 Å². The zero-order valence-corrected chi connectivity index (χ0v) is 12.0. The van der Waals surface area contributed by atoms with Crippen molar-refractivity contribution in [3.8, 4) is 0 Å². The molecule has 2 aliphatic heterocycles. The van der Waals surface area contributed by atoms with Crippen molar-refractivity contribution in [2.24, 2.45) is 0 Å². The van der Waals surface area contributed by atoms with E-state index in [-0.39, 0.29) is 0 Å². The van der Waals surface area contributed by atoms with Gasteiger partial charge in [-0.1, -0.05) is 0 Å². The number of hydrogen-bond donors (Lipinski definition) is 8. The summed E-state index contributed by atoms with van der Waals surface area (Å²) < 4.78 is 15.1. The molecule has 0 aromatic heterocycles. The lowest BCUT2D eigenvalue weighted by atomic mass is 9.97. The van der Waals surface area contributed by atoms with E-state index in [4.69, 9.17) is 24.4 Å². The van der Waals surface area contributed by atoms with Gasteiger partial charge in [-0.3, -0.25) is 0 Å². The summed E-state index contributed by atoms with van der Waals surface area (Å²) in [6.07, 6.45) is -15.6. The molecule has 136 valence electrons. The smallest absolute Gasteiger partial charge is 0.187 e. The molecule has 0 radical (unpaired) electrons. The van der Waals surface area contributed by atoms with Crippen LogP contribution >= 0.6 is 0 Å². The first-order valence-corrected chi connectivity index (χ1v) is 7.08. The van der Waals surface area contributed by atoms with E-state index >= 15 is 0 Å². The molecule has 2 fully saturated rings. The van der Waals surface area contributed by atoms with Crippen LogP contribution in [0.3, 0.4) is 0 Å². The molecule has 11 heteroatoms. The maximum Gasteiger partial charge on any atom is 0.187 e. The fourth-order valence-electron chi connectivity index (χ4n) is 2.55. The normalized spacial score (nSPS) is 51.7. The summed E-state index contributed by atoms with van der Waals surface area (Å²) in [5.74, 6) is 0. The van der Waals surface area contributed by atoms with Crippen molar-refractivity contribution in [1.82, 2.24) is 0 Å². The second kappa shape index (κ2) is 7.63. The predicted molar refractivity (Wildman–Crippen MR) is 68.6 cm³/mol. The fraction of sp³-hybridized carbons (Fsp3) is 1.00. The highest BCUT2D eigenvalue weighted by molar-refractivity contribution is 4.93. The summed E-state index contributed by atoms with van der Waals surface area (Å²) in [4.78, 5) is 0. The molecular weight excluding hydrogens is 320 g/mol. The largest absolute Gasteiger partial charge is 0.394 e. The topological polar surface area (TPSA) is 190 Å². The number of hydrogen-bond acceptors (Lipinski definition) is 11. The lowest BCUT2D eigenvalue weighted by molar-refractivity contribution is -0.361. The highest BCUT2D eigenvalue weighted by Gasteiger charge is 2.50. The first-order chi connectivity index (χ1) is 10.8. The standard InChI is InChI=1S/C12H22O11/c13-1-3-6(16)8(18)10(11(20)21-3)23-12-9(19)7(17)5(15)4(2-14)22-12/h3-20H,1-2H2/t3-,4-,5-,6-,7+,8+,9-,10+,11+,12+/m1/s1. The van der Waals surface area contributed by atoms with Gasteiger partial charge in [0.05, 0.1) is 13.2 Å². The first kappa shape index (κ1) is 18.9. The average Bonchev–Trinajstić information content (AvgIpc) is 2.54.